The first kappa shape index (κ1) is 23.7. The van der Waals surface area contributed by atoms with Gasteiger partial charge in [-0.05, 0) is 19.3 Å². The summed E-state index contributed by atoms with van der Waals surface area (Å²) in [5, 5.41) is 0. The third-order valence-corrected chi connectivity index (χ3v) is 8.59. The average Bonchev–Trinajstić information content (AvgIpc) is 2.52. The molecule has 0 fully saturated rings. The highest BCUT2D eigenvalue weighted by Gasteiger charge is 2.65. The Morgan fingerprint density at radius 1 is 0.708 bits per heavy atom. The lowest BCUT2D eigenvalue weighted by Crippen LogP contribution is -2.37. The Kier molecular flexibility index (Phi) is 9.85. The van der Waals surface area contributed by atoms with Gasteiger partial charge in [-0.15, -0.1) is 0 Å². The molecule has 0 N–H and O–H groups in total. The van der Waals surface area contributed by atoms with Crippen LogP contribution in [0.2, 0.25) is 0 Å². The van der Waals surface area contributed by atoms with Crippen molar-refractivity contribution in [3.63, 3.8) is 0 Å². The molecule has 0 aliphatic heterocycles. The van der Waals surface area contributed by atoms with Crippen molar-refractivity contribution in [3.8, 4) is 0 Å². The molecule has 0 amide bonds. The van der Waals surface area contributed by atoms with E-state index in [1.807, 2.05) is 20.8 Å². The average molecular weight is 383 g/mol. The Labute approximate surface area is 140 Å². The van der Waals surface area contributed by atoms with E-state index in [4.69, 9.17) is 0 Å². The molecule has 0 nitrogen and oxygen atoms in total. The molecule has 0 heterocycles. The minimum Gasteiger partial charge on any atom is -0.198 e. The van der Waals surface area contributed by atoms with Crippen LogP contribution in [-0.4, -0.2) is 30.6 Å². The number of rotatable bonds is 11. The van der Waals surface area contributed by atoms with Crippen LogP contribution >= 0.6 is 7.26 Å². The first-order valence-corrected chi connectivity index (χ1v) is 10.7. The minimum atomic E-state index is -6.13. The normalized spacial score (nSPS) is 14.8. The van der Waals surface area contributed by atoms with Gasteiger partial charge < -0.3 is 0 Å². The lowest BCUT2D eigenvalue weighted by atomic mass is 10.3. The molecule has 144 valence electrons. The van der Waals surface area contributed by atoms with E-state index >= 15 is 0 Å². The van der Waals surface area contributed by atoms with E-state index < -0.39 is 30.8 Å². The van der Waals surface area contributed by atoms with Crippen LogP contribution in [0.4, 0.5) is 30.7 Å². The summed E-state index contributed by atoms with van der Waals surface area (Å²) in [4.78, 5) is 0. The van der Waals surface area contributed by atoms with Crippen LogP contribution in [0.1, 0.15) is 59.3 Å². The fraction of sp³-hybridized carbons (Fsp3) is 0.875. The fourth-order valence-corrected chi connectivity index (χ4v) is 7.06. The molecule has 0 rings (SSSR count). The number of hydrogen-bond acceptors (Lipinski definition) is 0. The molecule has 0 aromatic rings. The Morgan fingerprint density at radius 2 is 1.04 bits per heavy atom. The van der Waals surface area contributed by atoms with Crippen LogP contribution in [0, 0.1) is 0 Å². The molecule has 0 unspecified atom stereocenters. The lowest BCUT2D eigenvalue weighted by Gasteiger charge is -2.27. The lowest BCUT2D eigenvalue weighted by molar-refractivity contribution is -0.271. The third kappa shape index (κ3) is 5.89. The van der Waals surface area contributed by atoms with E-state index in [2.05, 4.69) is 0 Å². The molecular formula is C16H27F7P+. The van der Waals surface area contributed by atoms with Crippen LogP contribution in [0.5, 0.6) is 0 Å². The van der Waals surface area contributed by atoms with Gasteiger partial charge in [0.1, 0.15) is 0 Å². The van der Waals surface area contributed by atoms with Gasteiger partial charge in [0.05, 0.1) is 25.7 Å². The monoisotopic (exact) mass is 383 g/mol. The number of alkyl halides is 5. The Balaban J connectivity index is 5.99. The number of halogens is 7. The fourth-order valence-electron chi connectivity index (χ4n) is 2.47. The molecule has 0 aromatic carbocycles. The molecule has 0 aliphatic carbocycles. The molecule has 0 saturated heterocycles. The second-order valence-corrected chi connectivity index (χ2v) is 10.1. The molecule has 0 bridgehead atoms. The van der Waals surface area contributed by atoms with Crippen LogP contribution < -0.4 is 0 Å². The topological polar surface area (TPSA) is 0 Å². The third-order valence-electron chi connectivity index (χ3n) is 4.05. The quantitative estimate of drug-likeness (QED) is 0.253. The Hall–Kier alpha value is -0.320. The van der Waals surface area contributed by atoms with Crippen molar-refractivity contribution in [2.75, 3.05) is 18.5 Å². The predicted octanol–water partition coefficient (Wildman–Crippen LogP) is 7.71. The highest BCUT2D eigenvalue weighted by atomic mass is 31.2. The maximum atomic E-state index is 14.7. The van der Waals surface area contributed by atoms with Gasteiger partial charge in [0.2, 0.25) is 5.83 Å². The first-order chi connectivity index (χ1) is 11.0. The van der Waals surface area contributed by atoms with E-state index in [9.17, 15) is 30.7 Å². The van der Waals surface area contributed by atoms with Crippen LogP contribution in [0.15, 0.2) is 11.4 Å². The Morgan fingerprint density at radius 3 is 1.29 bits per heavy atom. The summed E-state index contributed by atoms with van der Waals surface area (Å²) in [5.41, 5.74) is -1.81. The van der Waals surface area contributed by atoms with E-state index in [0.717, 1.165) is 0 Å². The van der Waals surface area contributed by atoms with Crippen molar-refractivity contribution < 1.29 is 30.7 Å². The molecule has 0 spiro atoms. The van der Waals surface area contributed by atoms with Gasteiger partial charge in [-0.3, -0.25) is 0 Å². The van der Waals surface area contributed by atoms with E-state index in [1.54, 1.807) is 0 Å². The second kappa shape index (κ2) is 9.98. The summed E-state index contributed by atoms with van der Waals surface area (Å²) in [6.07, 6.45) is -2.22. The van der Waals surface area contributed by atoms with Crippen LogP contribution in [0.25, 0.3) is 0 Å². The van der Waals surface area contributed by atoms with Crippen molar-refractivity contribution in [3.05, 3.63) is 11.4 Å². The van der Waals surface area contributed by atoms with E-state index in [1.165, 1.54) is 0 Å². The van der Waals surface area contributed by atoms with Gasteiger partial charge in [0.15, 0.2) is 0 Å². The largest absolute Gasteiger partial charge is 0.460 e. The number of unbranched alkanes of at least 4 members (excludes halogenated alkanes) is 3. The summed E-state index contributed by atoms with van der Waals surface area (Å²) in [6, 6.07) is 0. The first-order valence-electron chi connectivity index (χ1n) is 8.37. The zero-order valence-corrected chi connectivity index (χ0v) is 15.4. The summed E-state index contributed by atoms with van der Waals surface area (Å²) in [6.45, 7) is 5.45. The van der Waals surface area contributed by atoms with Crippen molar-refractivity contribution in [1.29, 1.82) is 0 Å². The highest BCUT2D eigenvalue weighted by molar-refractivity contribution is 7.79. The van der Waals surface area contributed by atoms with Crippen molar-refractivity contribution >= 4 is 7.26 Å². The highest BCUT2D eigenvalue weighted by Crippen LogP contribution is 2.70. The zero-order valence-electron chi connectivity index (χ0n) is 14.5. The summed E-state index contributed by atoms with van der Waals surface area (Å²) >= 11 is 0. The predicted molar refractivity (Wildman–Crippen MR) is 86.5 cm³/mol. The molecule has 0 saturated carbocycles. The molecule has 0 aliphatic rings. The van der Waals surface area contributed by atoms with Gasteiger partial charge in [0, 0.05) is 0 Å². The molecule has 8 heteroatoms. The van der Waals surface area contributed by atoms with Crippen molar-refractivity contribution in [2.24, 2.45) is 0 Å². The van der Waals surface area contributed by atoms with Crippen molar-refractivity contribution in [2.45, 2.75) is 71.4 Å². The second-order valence-electron chi connectivity index (χ2n) is 6.05. The van der Waals surface area contributed by atoms with Crippen molar-refractivity contribution in [1.82, 2.24) is 0 Å². The summed E-state index contributed by atoms with van der Waals surface area (Å²) in [5.74, 6) is -8.70. The van der Waals surface area contributed by atoms with Gasteiger partial charge in [-0.2, -0.15) is 30.7 Å². The van der Waals surface area contributed by atoms with Gasteiger partial charge in [0.25, 0.3) is 5.57 Å². The molecular weight excluding hydrogens is 356 g/mol. The van der Waals surface area contributed by atoms with Gasteiger partial charge in [-0.1, -0.05) is 40.0 Å². The number of hydrogen-bond donors (Lipinski definition) is 0. The smallest absolute Gasteiger partial charge is 0.198 e. The molecule has 0 atom stereocenters. The van der Waals surface area contributed by atoms with Crippen LogP contribution in [-0.2, 0) is 0 Å². The van der Waals surface area contributed by atoms with Gasteiger partial charge >= 0.3 is 12.1 Å². The molecule has 0 radical (unpaired) electrons. The van der Waals surface area contributed by atoms with E-state index in [-0.39, 0.29) is 18.5 Å². The maximum absolute atomic E-state index is 14.7. The van der Waals surface area contributed by atoms with E-state index in [0.29, 0.717) is 38.5 Å². The van der Waals surface area contributed by atoms with Crippen LogP contribution in [0.3, 0.4) is 0 Å². The standard InChI is InChI=1S/C16H27F7P/c1-4-7-10-24(11-8-5-2,12-9-6-3)14(18)13(17)15(19,20)16(21,22)23/h4-12H2,1-3H3/q+1/b14-13-. The zero-order chi connectivity index (χ0) is 19.0. The molecule has 0 aromatic heterocycles. The minimum absolute atomic E-state index is 0.177. The maximum Gasteiger partial charge on any atom is 0.460 e. The molecule has 24 heavy (non-hydrogen) atoms. The summed E-state index contributed by atoms with van der Waals surface area (Å²) < 4.78 is 92.4. The summed E-state index contributed by atoms with van der Waals surface area (Å²) in [7, 11) is -3.00. The SMILES string of the molecule is CCCC[P+](CCCC)(CCCC)/C(F)=C(\F)C(F)(F)C(F)(F)F. The Bertz CT molecular complexity index is 380. The van der Waals surface area contributed by atoms with Gasteiger partial charge in [-0.25, -0.2) is 0 Å². The number of allylic oxidation sites excluding steroid dienone is 1.